The molecule has 0 unspecified atom stereocenters. The predicted octanol–water partition coefficient (Wildman–Crippen LogP) is 4.20. The van der Waals surface area contributed by atoms with Crippen LogP contribution in [0.5, 0.6) is 5.75 Å². The molecule has 19 heavy (non-hydrogen) atoms. The molecule has 0 heterocycles. The van der Waals surface area contributed by atoms with E-state index in [9.17, 15) is 5.11 Å². The third-order valence-electron chi connectivity index (χ3n) is 3.20. The van der Waals surface area contributed by atoms with Crippen molar-refractivity contribution in [1.29, 1.82) is 0 Å². The molecule has 0 saturated heterocycles. The summed E-state index contributed by atoms with van der Waals surface area (Å²) in [6, 6.07) is 14.1. The van der Waals surface area contributed by atoms with Crippen LogP contribution in [0.2, 0.25) is 5.02 Å². The molecule has 0 aliphatic carbocycles. The molecular formula is C16H18ClNO. The van der Waals surface area contributed by atoms with Crippen LogP contribution in [-0.4, -0.2) is 5.11 Å². The van der Waals surface area contributed by atoms with Gasteiger partial charge in [-0.1, -0.05) is 47.5 Å². The largest absolute Gasteiger partial charge is 0.506 e. The first-order chi connectivity index (χ1) is 9.06. The molecule has 1 atom stereocenters. The Morgan fingerprint density at radius 3 is 2.47 bits per heavy atom. The molecule has 2 aromatic carbocycles. The molecule has 2 nitrogen and oxygen atoms in total. The summed E-state index contributed by atoms with van der Waals surface area (Å²) in [6.45, 7) is 4.93. The minimum absolute atomic E-state index is 0.122. The van der Waals surface area contributed by atoms with E-state index in [0.29, 0.717) is 5.02 Å². The summed E-state index contributed by atoms with van der Waals surface area (Å²) in [5.74, 6) is 0.122. The summed E-state index contributed by atoms with van der Waals surface area (Å²) >= 11 is 5.89. The highest BCUT2D eigenvalue weighted by atomic mass is 35.5. The number of benzene rings is 2. The van der Waals surface area contributed by atoms with E-state index in [1.54, 1.807) is 12.1 Å². The number of phenolic OH excluding ortho intramolecular Hbond substituents is 1. The second kappa shape index (κ2) is 6.09. The van der Waals surface area contributed by atoms with Crippen molar-refractivity contribution in [1.82, 2.24) is 5.32 Å². The van der Waals surface area contributed by atoms with Crippen LogP contribution in [0.1, 0.15) is 29.7 Å². The van der Waals surface area contributed by atoms with Crippen molar-refractivity contribution < 1.29 is 5.11 Å². The first-order valence-electron chi connectivity index (χ1n) is 6.33. The minimum Gasteiger partial charge on any atom is -0.506 e. The molecule has 2 N–H and O–H groups in total. The number of aryl methyl sites for hydroxylation is 1. The van der Waals surface area contributed by atoms with Crippen molar-refractivity contribution >= 4 is 11.6 Å². The molecular weight excluding hydrogens is 258 g/mol. The minimum atomic E-state index is 0.122. The van der Waals surface area contributed by atoms with Gasteiger partial charge in [-0.2, -0.15) is 0 Å². The molecule has 0 saturated carbocycles. The molecule has 0 aliphatic rings. The number of phenols is 1. The zero-order valence-electron chi connectivity index (χ0n) is 11.2. The first kappa shape index (κ1) is 13.9. The van der Waals surface area contributed by atoms with Gasteiger partial charge >= 0.3 is 0 Å². The lowest BCUT2D eigenvalue weighted by atomic mass is 10.1. The van der Waals surface area contributed by atoms with E-state index in [2.05, 4.69) is 43.4 Å². The van der Waals surface area contributed by atoms with Gasteiger partial charge in [0.1, 0.15) is 5.75 Å². The first-order valence-corrected chi connectivity index (χ1v) is 6.71. The van der Waals surface area contributed by atoms with Crippen molar-refractivity contribution in [2.45, 2.75) is 26.4 Å². The van der Waals surface area contributed by atoms with Crippen LogP contribution in [0.4, 0.5) is 0 Å². The average Bonchev–Trinajstić information content (AvgIpc) is 2.40. The monoisotopic (exact) mass is 275 g/mol. The van der Waals surface area contributed by atoms with Gasteiger partial charge in [-0.3, -0.25) is 0 Å². The van der Waals surface area contributed by atoms with E-state index >= 15 is 0 Å². The highest BCUT2D eigenvalue weighted by Gasteiger charge is 2.05. The Morgan fingerprint density at radius 1 is 1.16 bits per heavy atom. The highest BCUT2D eigenvalue weighted by Crippen LogP contribution is 2.24. The van der Waals surface area contributed by atoms with Gasteiger partial charge in [-0.15, -0.1) is 0 Å². The summed E-state index contributed by atoms with van der Waals surface area (Å²) in [7, 11) is 0. The number of halogens is 1. The van der Waals surface area contributed by atoms with E-state index in [-0.39, 0.29) is 11.8 Å². The number of aromatic hydroxyl groups is 1. The molecule has 0 bridgehead atoms. The Kier molecular flexibility index (Phi) is 4.46. The highest BCUT2D eigenvalue weighted by molar-refractivity contribution is 6.32. The zero-order chi connectivity index (χ0) is 13.8. The van der Waals surface area contributed by atoms with E-state index < -0.39 is 0 Å². The molecule has 2 rings (SSSR count). The maximum Gasteiger partial charge on any atom is 0.134 e. The lowest BCUT2D eigenvalue weighted by Crippen LogP contribution is -2.17. The van der Waals surface area contributed by atoms with Gasteiger partial charge in [0, 0.05) is 12.6 Å². The van der Waals surface area contributed by atoms with Gasteiger partial charge < -0.3 is 10.4 Å². The molecule has 0 aliphatic heterocycles. The van der Waals surface area contributed by atoms with Crippen molar-refractivity contribution in [3.63, 3.8) is 0 Å². The Bertz CT molecular complexity index is 551. The predicted molar refractivity (Wildman–Crippen MR) is 79.6 cm³/mol. The Morgan fingerprint density at radius 2 is 1.84 bits per heavy atom. The van der Waals surface area contributed by atoms with E-state index in [0.717, 1.165) is 12.1 Å². The van der Waals surface area contributed by atoms with Crippen LogP contribution >= 0.6 is 11.6 Å². The van der Waals surface area contributed by atoms with E-state index in [4.69, 9.17) is 11.6 Å². The van der Waals surface area contributed by atoms with E-state index in [1.807, 2.05) is 6.07 Å². The Balaban J connectivity index is 1.98. The summed E-state index contributed by atoms with van der Waals surface area (Å²) in [4.78, 5) is 0. The van der Waals surface area contributed by atoms with Crippen molar-refractivity contribution in [2.24, 2.45) is 0 Å². The maximum absolute atomic E-state index is 9.37. The SMILES string of the molecule is Cc1ccc([C@@H](C)NCc2ccc(O)c(Cl)c2)cc1. The maximum atomic E-state index is 9.37. The van der Waals surface area contributed by atoms with Crippen molar-refractivity contribution in [3.8, 4) is 5.75 Å². The smallest absolute Gasteiger partial charge is 0.134 e. The number of nitrogens with one attached hydrogen (secondary N) is 1. The second-order valence-corrected chi connectivity index (χ2v) is 5.21. The molecule has 2 aromatic rings. The number of hydrogen-bond acceptors (Lipinski definition) is 2. The number of rotatable bonds is 4. The van der Waals surface area contributed by atoms with Crippen molar-refractivity contribution in [3.05, 3.63) is 64.2 Å². The van der Waals surface area contributed by atoms with Gasteiger partial charge in [0.05, 0.1) is 5.02 Å². The third-order valence-corrected chi connectivity index (χ3v) is 3.50. The molecule has 3 heteroatoms. The summed E-state index contributed by atoms with van der Waals surface area (Å²) in [5.41, 5.74) is 3.58. The average molecular weight is 276 g/mol. The van der Waals surface area contributed by atoms with Crippen LogP contribution in [0.3, 0.4) is 0 Å². The topological polar surface area (TPSA) is 32.3 Å². The lowest BCUT2D eigenvalue weighted by molar-refractivity contribution is 0.475. The molecule has 0 aromatic heterocycles. The molecule has 0 spiro atoms. The van der Waals surface area contributed by atoms with Crippen LogP contribution in [0.15, 0.2) is 42.5 Å². The Labute approximate surface area is 119 Å². The molecule has 0 amide bonds. The summed E-state index contributed by atoms with van der Waals surface area (Å²) < 4.78 is 0. The van der Waals surface area contributed by atoms with Crippen molar-refractivity contribution in [2.75, 3.05) is 0 Å². The fourth-order valence-corrected chi connectivity index (χ4v) is 2.11. The molecule has 100 valence electrons. The van der Waals surface area contributed by atoms with Crippen LogP contribution in [0.25, 0.3) is 0 Å². The van der Waals surface area contributed by atoms with Gasteiger partial charge in [-0.05, 0) is 37.1 Å². The summed E-state index contributed by atoms with van der Waals surface area (Å²) in [6.07, 6.45) is 0. The van der Waals surface area contributed by atoms with E-state index in [1.165, 1.54) is 11.1 Å². The van der Waals surface area contributed by atoms with Crippen LogP contribution < -0.4 is 5.32 Å². The third kappa shape index (κ3) is 3.72. The lowest BCUT2D eigenvalue weighted by Gasteiger charge is -2.15. The number of hydrogen-bond donors (Lipinski definition) is 2. The standard InChI is InChI=1S/C16H18ClNO/c1-11-3-6-14(7-4-11)12(2)18-10-13-5-8-16(19)15(17)9-13/h3-9,12,18-19H,10H2,1-2H3/t12-/m1/s1. The fraction of sp³-hybridized carbons (Fsp3) is 0.250. The molecule has 0 fully saturated rings. The summed E-state index contributed by atoms with van der Waals surface area (Å²) in [5, 5.41) is 13.2. The van der Waals surface area contributed by atoms with Gasteiger partial charge in [-0.25, -0.2) is 0 Å². The van der Waals surface area contributed by atoms with Gasteiger partial charge in [0.25, 0.3) is 0 Å². The van der Waals surface area contributed by atoms with Gasteiger partial charge in [0.15, 0.2) is 0 Å². The zero-order valence-corrected chi connectivity index (χ0v) is 11.9. The second-order valence-electron chi connectivity index (χ2n) is 4.80. The van der Waals surface area contributed by atoms with Crippen LogP contribution in [0, 0.1) is 6.92 Å². The van der Waals surface area contributed by atoms with Crippen LogP contribution in [-0.2, 0) is 6.54 Å². The normalized spacial score (nSPS) is 12.4. The fourth-order valence-electron chi connectivity index (χ4n) is 1.90. The Hall–Kier alpha value is -1.51. The van der Waals surface area contributed by atoms with Gasteiger partial charge in [0.2, 0.25) is 0 Å². The molecule has 0 radical (unpaired) electrons. The quantitative estimate of drug-likeness (QED) is 0.876.